The Morgan fingerprint density at radius 3 is 2.48 bits per heavy atom. The molecule has 0 radical (unpaired) electrons. The Bertz CT molecular complexity index is 559. The van der Waals surface area contributed by atoms with E-state index in [0.717, 1.165) is 6.07 Å². The van der Waals surface area contributed by atoms with E-state index in [1.165, 1.54) is 0 Å². The molecule has 5 nitrogen and oxygen atoms in total. The predicted molar refractivity (Wildman–Crippen MR) is 75.9 cm³/mol. The average molecular weight is 331 g/mol. The molecule has 23 heavy (non-hydrogen) atoms. The van der Waals surface area contributed by atoms with Crippen LogP contribution in [0.15, 0.2) is 6.07 Å². The first-order valence-corrected chi connectivity index (χ1v) is 7.77. The number of aliphatic hydroxyl groups is 1. The Hall–Kier alpha value is -1.25. The highest BCUT2D eigenvalue weighted by molar-refractivity contribution is 5.15. The SMILES string of the molecule is Cc1cc(C(F)(F)F)nc(C2CCN([C@H]3COC[C@H]3O)CC2)n1. The van der Waals surface area contributed by atoms with E-state index in [-0.39, 0.29) is 17.8 Å². The van der Waals surface area contributed by atoms with Crippen LogP contribution in [0.3, 0.4) is 0 Å². The molecular weight excluding hydrogens is 311 g/mol. The summed E-state index contributed by atoms with van der Waals surface area (Å²) in [5, 5.41) is 9.87. The first-order valence-electron chi connectivity index (χ1n) is 7.77. The van der Waals surface area contributed by atoms with Crippen LogP contribution >= 0.6 is 0 Å². The summed E-state index contributed by atoms with van der Waals surface area (Å²) in [6, 6.07) is 0.963. The number of likely N-dealkylation sites (tertiary alicyclic amines) is 1. The largest absolute Gasteiger partial charge is 0.433 e. The van der Waals surface area contributed by atoms with Crippen LogP contribution in [0.5, 0.6) is 0 Å². The van der Waals surface area contributed by atoms with Crippen molar-refractivity contribution in [3.63, 3.8) is 0 Å². The Balaban J connectivity index is 1.69. The highest BCUT2D eigenvalue weighted by Gasteiger charge is 2.36. The Morgan fingerprint density at radius 2 is 1.91 bits per heavy atom. The summed E-state index contributed by atoms with van der Waals surface area (Å²) < 4.78 is 43.9. The van der Waals surface area contributed by atoms with Crippen LogP contribution in [0.2, 0.25) is 0 Å². The third-order valence-corrected chi connectivity index (χ3v) is 4.55. The zero-order chi connectivity index (χ0) is 16.6. The maximum atomic E-state index is 12.9. The minimum Gasteiger partial charge on any atom is -0.389 e. The normalized spacial score (nSPS) is 27.5. The van der Waals surface area contributed by atoms with Gasteiger partial charge in [-0.2, -0.15) is 13.2 Å². The summed E-state index contributed by atoms with van der Waals surface area (Å²) in [7, 11) is 0. The smallest absolute Gasteiger partial charge is 0.389 e. The van der Waals surface area contributed by atoms with Crippen molar-refractivity contribution in [2.75, 3.05) is 26.3 Å². The van der Waals surface area contributed by atoms with Crippen molar-refractivity contribution in [1.29, 1.82) is 0 Å². The first-order chi connectivity index (χ1) is 10.8. The van der Waals surface area contributed by atoms with E-state index in [4.69, 9.17) is 4.74 Å². The fraction of sp³-hybridized carbons (Fsp3) is 0.733. The standard InChI is InChI=1S/C15H20F3N3O2/c1-9-6-13(15(16,17)18)20-14(19-9)10-2-4-21(5-3-10)11-7-23-8-12(11)22/h6,10-12,22H,2-5,7-8H2,1H3/t11-,12+/m0/s1. The van der Waals surface area contributed by atoms with E-state index in [1.807, 2.05) is 0 Å². The lowest BCUT2D eigenvalue weighted by Gasteiger charge is -2.36. The van der Waals surface area contributed by atoms with Gasteiger partial charge in [0.05, 0.1) is 25.4 Å². The number of ether oxygens (including phenoxy) is 1. The molecule has 0 spiro atoms. The number of halogens is 3. The predicted octanol–water partition coefficient (Wildman–Crippen LogP) is 1.74. The van der Waals surface area contributed by atoms with Gasteiger partial charge in [0.25, 0.3) is 0 Å². The number of aryl methyl sites for hydroxylation is 1. The molecule has 3 rings (SSSR count). The van der Waals surface area contributed by atoms with Crippen LogP contribution in [0.4, 0.5) is 13.2 Å². The molecule has 1 aromatic heterocycles. The minimum absolute atomic E-state index is 0.0138. The molecule has 0 amide bonds. The third kappa shape index (κ3) is 3.64. The fourth-order valence-electron chi connectivity index (χ4n) is 3.29. The maximum absolute atomic E-state index is 12.9. The van der Waals surface area contributed by atoms with Gasteiger partial charge in [0, 0.05) is 11.6 Å². The van der Waals surface area contributed by atoms with E-state index >= 15 is 0 Å². The topological polar surface area (TPSA) is 58.5 Å². The number of aromatic nitrogens is 2. The molecule has 3 heterocycles. The van der Waals surface area contributed by atoms with E-state index in [2.05, 4.69) is 14.9 Å². The van der Waals surface area contributed by atoms with Gasteiger partial charge in [0.15, 0.2) is 0 Å². The quantitative estimate of drug-likeness (QED) is 0.895. The summed E-state index contributed by atoms with van der Waals surface area (Å²) in [6.07, 6.45) is -3.57. The van der Waals surface area contributed by atoms with Crippen molar-refractivity contribution >= 4 is 0 Å². The molecule has 8 heteroatoms. The summed E-state index contributed by atoms with van der Waals surface area (Å²) in [5.74, 6) is 0.201. The zero-order valence-electron chi connectivity index (χ0n) is 12.9. The van der Waals surface area contributed by atoms with Crippen LogP contribution in [0.25, 0.3) is 0 Å². The van der Waals surface area contributed by atoms with E-state index in [1.54, 1.807) is 6.92 Å². The van der Waals surface area contributed by atoms with Crippen molar-refractivity contribution in [2.24, 2.45) is 0 Å². The lowest BCUT2D eigenvalue weighted by molar-refractivity contribution is -0.141. The van der Waals surface area contributed by atoms with Gasteiger partial charge in [-0.25, -0.2) is 9.97 Å². The molecule has 2 aliphatic rings. The molecule has 1 aromatic rings. The molecule has 0 unspecified atom stereocenters. The molecule has 2 atom stereocenters. The summed E-state index contributed by atoms with van der Waals surface area (Å²) >= 11 is 0. The van der Waals surface area contributed by atoms with Gasteiger partial charge in [-0.05, 0) is 38.9 Å². The van der Waals surface area contributed by atoms with E-state index in [9.17, 15) is 18.3 Å². The van der Waals surface area contributed by atoms with Gasteiger partial charge in [0.1, 0.15) is 11.5 Å². The molecule has 0 saturated carbocycles. The molecule has 0 aromatic carbocycles. The molecule has 2 aliphatic heterocycles. The third-order valence-electron chi connectivity index (χ3n) is 4.55. The second kappa shape index (κ2) is 6.33. The summed E-state index contributed by atoms with van der Waals surface area (Å²) in [6.45, 7) is 3.82. The van der Waals surface area contributed by atoms with Crippen LogP contribution in [0, 0.1) is 6.92 Å². The van der Waals surface area contributed by atoms with Crippen molar-refractivity contribution in [3.05, 3.63) is 23.3 Å². The van der Waals surface area contributed by atoms with Crippen LogP contribution in [0.1, 0.15) is 36.0 Å². The molecule has 0 aliphatic carbocycles. The number of hydrogen-bond donors (Lipinski definition) is 1. The Labute approximate surface area is 132 Å². The lowest BCUT2D eigenvalue weighted by atomic mass is 9.94. The van der Waals surface area contributed by atoms with Gasteiger partial charge >= 0.3 is 6.18 Å². The van der Waals surface area contributed by atoms with Crippen molar-refractivity contribution < 1.29 is 23.0 Å². The minimum atomic E-state index is -4.45. The highest BCUT2D eigenvalue weighted by Crippen LogP contribution is 2.32. The van der Waals surface area contributed by atoms with Gasteiger partial charge in [-0.1, -0.05) is 0 Å². The van der Waals surface area contributed by atoms with E-state index < -0.39 is 18.0 Å². The molecule has 1 N–H and O–H groups in total. The second-order valence-corrected chi connectivity index (χ2v) is 6.23. The zero-order valence-corrected chi connectivity index (χ0v) is 12.9. The number of piperidine rings is 1. The summed E-state index contributed by atoms with van der Waals surface area (Å²) in [5.41, 5.74) is -0.536. The van der Waals surface area contributed by atoms with Crippen molar-refractivity contribution in [1.82, 2.24) is 14.9 Å². The number of aliphatic hydroxyl groups excluding tert-OH is 1. The number of alkyl halides is 3. The number of rotatable bonds is 2. The Morgan fingerprint density at radius 1 is 1.22 bits per heavy atom. The number of hydrogen-bond acceptors (Lipinski definition) is 5. The fourth-order valence-corrected chi connectivity index (χ4v) is 3.29. The van der Waals surface area contributed by atoms with Gasteiger partial charge in [-0.15, -0.1) is 0 Å². The van der Waals surface area contributed by atoms with Gasteiger partial charge in [-0.3, -0.25) is 4.90 Å². The highest BCUT2D eigenvalue weighted by atomic mass is 19.4. The molecule has 2 saturated heterocycles. The maximum Gasteiger partial charge on any atom is 0.433 e. The molecular formula is C15H20F3N3O2. The first kappa shape index (κ1) is 16.6. The van der Waals surface area contributed by atoms with Crippen molar-refractivity contribution in [3.8, 4) is 0 Å². The Kier molecular flexibility index (Phi) is 4.57. The van der Waals surface area contributed by atoms with Gasteiger partial charge in [0.2, 0.25) is 0 Å². The molecule has 128 valence electrons. The number of nitrogens with zero attached hydrogens (tertiary/aromatic N) is 3. The van der Waals surface area contributed by atoms with Gasteiger partial charge < -0.3 is 9.84 Å². The second-order valence-electron chi connectivity index (χ2n) is 6.23. The summed E-state index contributed by atoms with van der Waals surface area (Å²) in [4.78, 5) is 10.1. The van der Waals surface area contributed by atoms with Crippen LogP contribution in [-0.4, -0.2) is 58.4 Å². The monoisotopic (exact) mass is 331 g/mol. The van der Waals surface area contributed by atoms with Crippen molar-refractivity contribution in [2.45, 2.75) is 44.0 Å². The molecule has 0 bridgehead atoms. The van der Waals surface area contributed by atoms with Crippen LogP contribution < -0.4 is 0 Å². The molecule has 2 fully saturated rings. The van der Waals surface area contributed by atoms with Crippen LogP contribution in [-0.2, 0) is 10.9 Å². The average Bonchev–Trinajstić information content (AvgIpc) is 2.92. The lowest BCUT2D eigenvalue weighted by Crippen LogP contribution is -2.46. The van der Waals surface area contributed by atoms with E-state index in [0.29, 0.717) is 44.8 Å².